The van der Waals surface area contributed by atoms with Crippen LogP contribution in [0.1, 0.15) is 86.5 Å². The van der Waals surface area contributed by atoms with E-state index in [2.05, 4.69) is 39.0 Å². The minimum atomic E-state index is -3.67. The number of hydrogen-bond acceptors (Lipinski definition) is 9. The summed E-state index contributed by atoms with van der Waals surface area (Å²) in [6, 6.07) is -0.895. The summed E-state index contributed by atoms with van der Waals surface area (Å²) < 4.78 is 33.7. The molecule has 0 aliphatic heterocycles. The Hall–Kier alpha value is -1.84. The van der Waals surface area contributed by atoms with Crippen molar-refractivity contribution >= 4 is 51.9 Å². The van der Waals surface area contributed by atoms with Crippen LogP contribution in [0.3, 0.4) is 0 Å². The summed E-state index contributed by atoms with van der Waals surface area (Å²) in [4.78, 5) is 38.5. The second-order valence-electron chi connectivity index (χ2n) is 10.8. The average molecular weight is 659 g/mol. The molecule has 2 aromatic rings. The number of ether oxygens (including phenoxy) is 3. The fourth-order valence-electron chi connectivity index (χ4n) is 4.08. The molecule has 12 nitrogen and oxygen atoms in total. The van der Waals surface area contributed by atoms with Gasteiger partial charge in [0, 0.05) is 0 Å². The zero-order valence-corrected chi connectivity index (χ0v) is 28.7. The topological polar surface area (TPSA) is 147 Å². The molecule has 41 heavy (non-hydrogen) atoms. The third-order valence-electron chi connectivity index (χ3n) is 6.37. The number of hydrogen-bond donors (Lipinski definition) is 2. The SMILES string of the molecule is CCCCCCOC(=O)C(C)(C)N[P@@](=O)(CO[C@H](C)Cn1cnc2c([AsH2])ncnc21)N[C@H](C)C(=O)OCCCCC. The van der Waals surface area contributed by atoms with Crippen LogP contribution in [0.5, 0.6) is 0 Å². The van der Waals surface area contributed by atoms with Gasteiger partial charge in [0.15, 0.2) is 0 Å². The Bertz CT molecular complexity index is 1160. The van der Waals surface area contributed by atoms with Gasteiger partial charge in [-0.05, 0) is 12.8 Å². The van der Waals surface area contributed by atoms with Gasteiger partial charge in [0.05, 0.1) is 13.2 Å². The quantitative estimate of drug-likeness (QED) is 0.0938. The van der Waals surface area contributed by atoms with Gasteiger partial charge in [0.2, 0.25) is 0 Å². The van der Waals surface area contributed by atoms with Gasteiger partial charge in [-0.15, -0.1) is 0 Å². The second kappa shape index (κ2) is 17.3. The molecule has 2 N–H and O–H groups in total. The smallest absolute Gasteiger partial charge is 0.465 e. The van der Waals surface area contributed by atoms with Crippen LogP contribution in [-0.2, 0) is 34.9 Å². The van der Waals surface area contributed by atoms with E-state index in [0.717, 1.165) is 54.9 Å². The van der Waals surface area contributed by atoms with Crippen molar-refractivity contribution < 1.29 is 28.4 Å². The van der Waals surface area contributed by atoms with Gasteiger partial charge < -0.3 is 9.47 Å². The van der Waals surface area contributed by atoms with Crippen molar-refractivity contribution in [3.63, 3.8) is 0 Å². The normalized spacial score (nSPS) is 14.9. The number of nitrogens with zero attached hydrogens (tertiary/aromatic N) is 4. The first kappa shape index (κ1) is 35.4. The monoisotopic (exact) mass is 658 g/mol. The zero-order valence-electron chi connectivity index (χ0n) is 25.4. The van der Waals surface area contributed by atoms with E-state index >= 15 is 0 Å². The number of fused-ring (bicyclic) bond motifs is 1. The molecule has 0 fully saturated rings. The Kier molecular flexibility index (Phi) is 14.9. The summed E-state index contributed by atoms with van der Waals surface area (Å²) in [6.07, 6.45) is 9.11. The molecule has 232 valence electrons. The predicted octanol–water partition coefficient (Wildman–Crippen LogP) is 2.84. The number of esters is 2. The molecular weight excluding hydrogens is 610 g/mol. The summed E-state index contributed by atoms with van der Waals surface area (Å²) in [5.41, 5.74) is 0.118. The van der Waals surface area contributed by atoms with Crippen molar-refractivity contribution in [2.75, 3.05) is 19.6 Å². The molecule has 0 amide bonds. The van der Waals surface area contributed by atoms with Crippen molar-refractivity contribution in [2.45, 2.75) is 111 Å². The predicted molar refractivity (Wildman–Crippen MR) is 162 cm³/mol. The molecule has 1 unspecified atom stereocenters. The number of aromatic nitrogens is 4. The van der Waals surface area contributed by atoms with E-state index in [9.17, 15) is 14.2 Å². The minimum Gasteiger partial charge on any atom is -0.465 e. The number of carbonyl (C=O) groups is 2. The number of unbranched alkanes of at least 4 members (excludes halogenated alkanes) is 5. The van der Waals surface area contributed by atoms with Crippen LogP contribution in [0, 0.1) is 0 Å². The molecule has 0 aromatic carbocycles. The molecule has 4 atom stereocenters. The molecule has 2 rings (SSSR count). The van der Waals surface area contributed by atoms with E-state index in [1.165, 1.54) is 23.2 Å². The maximum absolute atomic E-state index is 14.2. The van der Waals surface area contributed by atoms with E-state index in [0.29, 0.717) is 25.4 Å². The number of nitrogens with one attached hydrogen (secondary N) is 2. The van der Waals surface area contributed by atoms with Gasteiger partial charge >= 0.3 is 162 Å². The summed E-state index contributed by atoms with van der Waals surface area (Å²) in [7, 11) is -3.67. The first-order valence-corrected chi connectivity index (χ1v) is 17.6. The minimum absolute atomic E-state index is 0.279. The van der Waals surface area contributed by atoms with Crippen molar-refractivity contribution in [1.82, 2.24) is 29.7 Å². The number of rotatable bonds is 20. The first-order chi connectivity index (χ1) is 19.4. The Morgan fingerprint density at radius 2 is 1.68 bits per heavy atom. The van der Waals surface area contributed by atoms with Gasteiger partial charge in [-0.2, -0.15) is 0 Å². The summed E-state index contributed by atoms with van der Waals surface area (Å²) in [5.74, 6) is -1.05. The van der Waals surface area contributed by atoms with Crippen molar-refractivity contribution in [2.24, 2.45) is 0 Å². The summed E-state index contributed by atoms with van der Waals surface area (Å²) in [5, 5.41) is 5.81. The van der Waals surface area contributed by atoms with Gasteiger partial charge in [0.1, 0.15) is 0 Å². The van der Waals surface area contributed by atoms with Crippen LogP contribution in [0.2, 0.25) is 0 Å². The molecule has 0 radical (unpaired) electrons. The van der Waals surface area contributed by atoms with Crippen molar-refractivity contribution in [3.05, 3.63) is 12.7 Å². The molecule has 14 heteroatoms. The third-order valence-corrected chi connectivity index (χ3v) is 9.50. The van der Waals surface area contributed by atoms with Gasteiger partial charge in [-0.1, -0.05) is 46.0 Å². The van der Waals surface area contributed by atoms with Crippen molar-refractivity contribution in [3.8, 4) is 0 Å². The van der Waals surface area contributed by atoms with E-state index in [-0.39, 0.29) is 6.35 Å². The maximum atomic E-state index is 14.2. The van der Waals surface area contributed by atoms with Crippen LogP contribution >= 0.6 is 7.44 Å². The molecule has 0 saturated heterocycles. The Morgan fingerprint density at radius 3 is 2.39 bits per heavy atom. The fourth-order valence-corrected chi connectivity index (χ4v) is 7.04. The second-order valence-corrected chi connectivity index (χ2v) is 14.2. The summed E-state index contributed by atoms with van der Waals surface area (Å²) >= 11 is 1.36. The van der Waals surface area contributed by atoms with Crippen molar-refractivity contribution in [1.29, 1.82) is 0 Å². The number of imidazole rings is 1. The Morgan fingerprint density at radius 1 is 1.02 bits per heavy atom. The van der Waals surface area contributed by atoms with Gasteiger partial charge in [0.25, 0.3) is 0 Å². The van der Waals surface area contributed by atoms with E-state index in [4.69, 9.17) is 14.2 Å². The third kappa shape index (κ3) is 11.8. The van der Waals surface area contributed by atoms with Crippen LogP contribution in [-0.4, -0.2) is 85.6 Å². The van der Waals surface area contributed by atoms with E-state index in [1.54, 1.807) is 27.1 Å². The van der Waals surface area contributed by atoms with Crippen LogP contribution in [0.4, 0.5) is 0 Å². The standard InChI is InChI=1S/C27H48AsN6O6P/c1-7-9-11-13-15-39-26(36)27(5,6)33-41(37,32-21(4)25(35)38-14-12-10-8-2)19-40-20(3)16-34-18-31-22-23(28)29-17-30-24(22)34/h17-18,20-21H,7-16,19,28H2,1-6H3,(H2,32,33,37)/t20-,21-,41-/m1/s1. The molecule has 0 bridgehead atoms. The zero-order chi connectivity index (χ0) is 30.5. The Labute approximate surface area is 252 Å². The van der Waals surface area contributed by atoms with E-state index in [1.807, 2.05) is 11.5 Å². The molecular formula is C27H48AsN6O6P. The van der Waals surface area contributed by atoms with Crippen LogP contribution in [0.15, 0.2) is 12.7 Å². The van der Waals surface area contributed by atoms with E-state index < -0.39 is 37.1 Å². The van der Waals surface area contributed by atoms with Crippen LogP contribution < -0.4 is 14.7 Å². The average Bonchev–Trinajstić information content (AvgIpc) is 3.33. The molecule has 0 aliphatic carbocycles. The molecule has 2 aromatic heterocycles. The fraction of sp³-hybridized carbons (Fsp3) is 0.741. The molecule has 0 spiro atoms. The summed E-state index contributed by atoms with van der Waals surface area (Å²) in [6.45, 7) is 11.8. The Balaban J connectivity index is 2.10. The first-order valence-electron chi connectivity index (χ1n) is 14.5. The molecule has 0 saturated carbocycles. The van der Waals surface area contributed by atoms with Gasteiger partial charge in [-0.25, -0.2) is 0 Å². The number of carbonyl (C=O) groups excluding carboxylic acids is 2. The molecule has 2 heterocycles. The van der Waals surface area contributed by atoms with Crippen LogP contribution in [0.25, 0.3) is 11.2 Å². The molecule has 0 aliphatic rings. The van der Waals surface area contributed by atoms with Gasteiger partial charge in [-0.3, -0.25) is 9.59 Å².